The smallest absolute Gasteiger partial charge is 0.406 e. The summed E-state index contributed by atoms with van der Waals surface area (Å²) in [6, 6.07) is 4.78. The van der Waals surface area contributed by atoms with Gasteiger partial charge in [0, 0.05) is 12.7 Å². The van der Waals surface area contributed by atoms with E-state index in [4.69, 9.17) is 0 Å². The van der Waals surface area contributed by atoms with Gasteiger partial charge in [0.1, 0.15) is 5.75 Å². The van der Waals surface area contributed by atoms with Crippen molar-refractivity contribution in [1.29, 1.82) is 0 Å². The van der Waals surface area contributed by atoms with Gasteiger partial charge in [0.15, 0.2) is 0 Å². The average molecular weight is 318 g/mol. The molecule has 0 radical (unpaired) electrons. The monoisotopic (exact) mass is 318 g/mol. The molecule has 0 saturated heterocycles. The van der Waals surface area contributed by atoms with Crippen molar-refractivity contribution in [3.05, 3.63) is 29.3 Å². The van der Waals surface area contributed by atoms with Gasteiger partial charge < -0.3 is 15.4 Å². The maximum Gasteiger partial charge on any atom is 0.573 e. The van der Waals surface area contributed by atoms with Gasteiger partial charge in [-0.15, -0.1) is 23.4 Å². The first kappa shape index (κ1) is 15.0. The molecule has 6 nitrogen and oxygen atoms in total. The number of carbonyl (C=O) groups is 1. The summed E-state index contributed by atoms with van der Waals surface area (Å²) in [6.45, 7) is 0. The highest BCUT2D eigenvalue weighted by atomic mass is 32.1. The Hall–Kier alpha value is -2.36. The van der Waals surface area contributed by atoms with Crippen LogP contribution in [0.25, 0.3) is 0 Å². The van der Waals surface area contributed by atoms with Crippen LogP contribution >= 0.6 is 11.3 Å². The molecule has 0 fully saturated rings. The van der Waals surface area contributed by atoms with Crippen LogP contribution in [0.5, 0.6) is 5.75 Å². The number of rotatable bonds is 4. The number of carbonyl (C=O) groups excluding carboxylic acids is 1. The second kappa shape index (κ2) is 5.95. The highest BCUT2D eigenvalue weighted by Gasteiger charge is 2.30. The van der Waals surface area contributed by atoms with Gasteiger partial charge in [0.05, 0.1) is 0 Å². The van der Waals surface area contributed by atoms with Gasteiger partial charge in [0.25, 0.3) is 5.91 Å². The topological polar surface area (TPSA) is 76.1 Å². The van der Waals surface area contributed by atoms with Crippen molar-refractivity contribution >= 4 is 28.1 Å². The first-order valence-electron chi connectivity index (χ1n) is 5.56. The summed E-state index contributed by atoms with van der Waals surface area (Å²) in [7, 11) is 1.64. The molecule has 21 heavy (non-hydrogen) atoms. The molecule has 0 aliphatic carbocycles. The van der Waals surface area contributed by atoms with Crippen molar-refractivity contribution in [3.8, 4) is 5.75 Å². The van der Waals surface area contributed by atoms with E-state index in [1.54, 1.807) is 7.05 Å². The van der Waals surface area contributed by atoms with Gasteiger partial charge >= 0.3 is 6.36 Å². The SMILES string of the molecule is CNc1nnc(C(=O)Nc2ccc(OC(F)(F)F)cc2)s1. The molecule has 2 rings (SSSR count). The van der Waals surface area contributed by atoms with E-state index in [-0.39, 0.29) is 10.8 Å². The van der Waals surface area contributed by atoms with Gasteiger partial charge in [0.2, 0.25) is 10.1 Å². The van der Waals surface area contributed by atoms with E-state index >= 15 is 0 Å². The van der Waals surface area contributed by atoms with Crippen LogP contribution in [0.4, 0.5) is 24.0 Å². The maximum absolute atomic E-state index is 12.0. The molecule has 2 N–H and O–H groups in total. The van der Waals surface area contributed by atoms with Crippen LogP contribution in [-0.4, -0.2) is 29.5 Å². The molecule has 1 aromatic heterocycles. The van der Waals surface area contributed by atoms with Crippen LogP contribution in [0, 0.1) is 0 Å². The molecular weight excluding hydrogens is 309 g/mol. The summed E-state index contributed by atoms with van der Waals surface area (Å²) < 4.78 is 39.7. The molecule has 0 aliphatic heterocycles. The van der Waals surface area contributed by atoms with E-state index in [1.807, 2.05) is 0 Å². The van der Waals surface area contributed by atoms with Crippen molar-refractivity contribution in [2.24, 2.45) is 0 Å². The van der Waals surface area contributed by atoms with Gasteiger partial charge in [-0.2, -0.15) is 0 Å². The first-order chi connectivity index (χ1) is 9.87. The van der Waals surface area contributed by atoms with Crippen LogP contribution in [0.2, 0.25) is 0 Å². The molecule has 0 aliphatic rings. The van der Waals surface area contributed by atoms with Gasteiger partial charge in [-0.3, -0.25) is 4.79 Å². The van der Waals surface area contributed by atoms with E-state index in [0.29, 0.717) is 10.8 Å². The molecule has 1 aromatic carbocycles. The Morgan fingerprint density at radius 3 is 2.43 bits per heavy atom. The van der Waals surface area contributed by atoms with Crippen LogP contribution in [0.1, 0.15) is 9.80 Å². The highest BCUT2D eigenvalue weighted by Crippen LogP contribution is 2.24. The average Bonchev–Trinajstić information content (AvgIpc) is 2.88. The van der Waals surface area contributed by atoms with Gasteiger partial charge in [-0.25, -0.2) is 0 Å². The molecule has 112 valence electrons. The van der Waals surface area contributed by atoms with E-state index in [1.165, 1.54) is 12.1 Å². The normalized spacial score (nSPS) is 11.0. The van der Waals surface area contributed by atoms with Gasteiger partial charge in [-0.1, -0.05) is 11.3 Å². The number of hydrogen-bond donors (Lipinski definition) is 2. The zero-order valence-corrected chi connectivity index (χ0v) is 11.4. The van der Waals surface area contributed by atoms with Crippen LogP contribution < -0.4 is 15.4 Å². The third-order valence-electron chi connectivity index (χ3n) is 2.18. The number of nitrogens with one attached hydrogen (secondary N) is 2. The molecule has 1 heterocycles. The standard InChI is InChI=1S/C11H9F3N4O2S/c1-15-10-18-17-9(21-10)8(19)16-6-2-4-7(5-3-6)20-11(12,13)14/h2-5H,1H3,(H,15,18)(H,16,19). The number of anilines is 2. The molecule has 0 spiro atoms. The van der Waals surface area contributed by atoms with E-state index < -0.39 is 12.3 Å². The second-order valence-corrected chi connectivity index (χ2v) is 4.67. The number of ether oxygens (including phenoxy) is 1. The van der Waals surface area contributed by atoms with Crippen molar-refractivity contribution < 1.29 is 22.7 Å². The fourth-order valence-corrected chi connectivity index (χ4v) is 1.93. The lowest BCUT2D eigenvalue weighted by atomic mass is 10.3. The Bertz CT molecular complexity index is 627. The summed E-state index contributed by atoms with van der Waals surface area (Å²) in [5.74, 6) is -0.868. The lowest BCUT2D eigenvalue weighted by molar-refractivity contribution is -0.274. The molecule has 0 saturated carbocycles. The lowest BCUT2D eigenvalue weighted by Gasteiger charge is -2.09. The number of hydrogen-bond acceptors (Lipinski definition) is 6. The second-order valence-electron chi connectivity index (χ2n) is 3.69. The lowest BCUT2D eigenvalue weighted by Crippen LogP contribution is -2.17. The predicted molar refractivity (Wildman–Crippen MR) is 70.5 cm³/mol. The summed E-state index contributed by atoms with van der Waals surface area (Å²) in [4.78, 5) is 11.8. The Kier molecular flexibility index (Phi) is 4.26. The number of aromatic nitrogens is 2. The summed E-state index contributed by atoms with van der Waals surface area (Å²) in [5.41, 5.74) is 0.315. The Morgan fingerprint density at radius 1 is 1.24 bits per heavy atom. The van der Waals surface area contributed by atoms with Crippen molar-refractivity contribution in [2.45, 2.75) is 6.36 Å². The van der Waals surface area contributed by atoms with Crippen LogP contribution in [0.15, 0.2) is 24.3 Å². The number of halogens is 3. The minimum Gasteiger partial charge on any atom is -0.406 e. The molecule has 1 amide bonds. The Morgan fingerprint density at radius 2 is 1.90 bits per heavy atom. The van der Waals surface area contributed by atoms with Crippen LogP contribution in [-0.2, 0) is 0 Å². The third kappa shape index (κ3) is 4.31. The molecule has 10 heteroatoms. The molecule has 2 aromatic rings. The number of amides is 1. The number of alkyl halides is 3. The Balaban J connectivity index is 2.01. The number of benzene rings is 1. The van der Waals surface area contributed by atoms with Crippen molar-refractivity contribution in [2.75, 3.05) is 17.7 Å². The predicted octanol–water partition coefficient (Wildman–Crippen LogP) is 2.73. The largest absolute Gasteiger partial charge is 0.573 e. The summed E-state index contributed by atoms with van der Waals surface area (Å²) in [5, 5.41) is 13.2. The minimum absolute atomic E-state index is 0.134. The maximum atomic E-state index is 12.0. The molecule has 0 bridgehead atoms. The highest BCUT2D eigenvalue weighted by molar-refractivity contribution is 7.17. The van der Waals surface area contributed by atoms with Gasteiger partial charge in [-0.05, 0) is 24.3 Å². The minimum atomic E-state index is -4.75. The van der Waals surface area contributed by atoms with Crippen molar-refractivity contribution in [3.63, 3.8) is 0 Å². The quantitative estimate of drug-likeness (QED) is 0.906. The van der Waals surface area contributed by atoms with Crippen LogP contribution in [0.3, 0.4) is 0 Å². The Labute approximate surface area is 121 Å². The van der Waals surface area contributed by atoms with Crippen molar-refractivity contribution in [1.82, 2.24) is 10.2 Å². The third-order valence-corrected chi connectivity index (χ3v) is 3.12. The zero-order chi connectivity index (χ0) is 15.5. The van der Waals surface area contributed by atoms with E-state index in [2.05, 4.69) is 25.6 Å². The molecular formula is C11H9F3N4O2S. The number of nitrogens with zero attached hydrogens (tertiary/aromatic N) is 2. The van der Waals surface area contributed by atoms with E-state index in [0.717, 1.165) is 23.5 Å². The molecule has 0 unspecified atom stereocenters. The first-order valence-corrected chi connectivity index (χ1v) is 6.37. The summed E-state index contributed by atoms with van der Waals surface area (Å²) in [6.07, 6.45) is -4.75. The molecule has 0 atom stereocenters. The van der Waals surface area contributed by atoms with E-state index in [9.17, 15) is 18.0 Å². The fraction of sp³-hybridized carbons (Fsp3) is 0.182. The fourth-order valence-electron chi connectivity index (χ4n) is 1.34. The summed E-state index contributed by atoms with van der Waals surface area (Å²) >= 11 is 1.05. The zero-order valence-electron chi connectivity index (χ0n) is 10.6.